The summed E-state index contributed by atoms with van der Waals surface area (Å²) < 4.78 is 144. The van der Waals surface area contributed by atoms with E-state index in [4.69, 9.17) is 18.1 Å². The molecule has 10 rings (SSSR count). The molecule has 10 aromatic rings. The minimum atomic E-state index is -0.708. The molecule has 0 unspecified atom stereocenters. The van der Waals surface area contributed by atoms with Crippen molar-refractivity contribution in [1.82, 2.24) is 9.13 Å². The SMILES string of the molecule is [2H]c1c([2H])c([2H])c2c(c1[2H])c1c([2H])c([2H])c([2H])c([2H])c1n2-c1c([2H])c([2H])c2c3c([2H])c([2H])c([2H])c([2H])c3n(-c3c(-c4ccccc4)ccc4oc5ccccc5c34)c2c1[2H]. The average molecular weight is 590 g/mol. The van der Waals surface area contributed by atoms with Gasteiger partial charge in [0.25, 0.3) is 0 Å². The van der Waals surface area contributed by atoms with E-state index in [2.05, 4.69) is 0 Å². The molecule has 210 valence electrons. The van der Waals surface area contributed by atoms with Crippen LogP contribution in [0.2, 0.25) is 0 Å². The van der Waals surface area contributed by atoms with E-state index in [-0.39, 0.29) is 43.6 Å². The third-order valence-corrected chi connectivity index (χ3v) is 8.23. The minimum Gasteiger partial charge on any atom is -0.456 e. The Bertz CT molecular complexity index is 3530. The second kappa shape index (κ2) is 9.22. The standard InChI is InChI=1S/C42H26N2O/c1-2-12-27(13-3-1)29-24-25-40-41(34-17-7-11-21-39(34)45-40)42(29)44-37-20-10-6-16-32(37)33-23-22-28(26-38(33)44)43-35-18-8-4-14-30(35)31-15-5-9-19-36(31)43/h1-26H/i4D,5D,6D,8D,9D,10D,14D,15D,16D,18D,19D,20D,22D,23D,26D. The highest BCUT2D eigenvalue weighted by Gasteiger charge is 2.22. The van der Waals surface area contributed by atoms with Crippen molar-refractivity contribution in [1.29, 1.82) is 0 Å². The van der Waals surface area contributed by atoms with E-state index < -0.39 is 96.3 Å². The van der Waals surface area contributed by atoms with E-state index in [1.165, 1.54) is 4.57 Å². The number of fused-ring (bicyclic) bond motifs is 9. The number of para-hydroxylation sites is 4. The molecule has 3 aromatic heterocycles. The highest BCUT2D eigenvalue weighted by molar-refractivity contribution is 6.17. The van der Waals surface area contributed by atoms with Crippen LogP contribution < -0.4 is 0 Å². The maximum atomic E-state index is 10.2. The van der Waals surface area contributed by atoms with Gasteiger partial charge in [0, 0.05) is 38.2 Å². The Morgan fingerprint density at radius 2 is 1.07 bits per heavy atom. The molecule has 0 atom stereocenters. The summed E-state index contributed by atoms with van der Waals surface area (Å²) in [6, 6.07) is 10.5. The molecule has 3 heteroatoms. The predicted molar refractivity (Wildman–Crippen MR) is 188 cm³/mol. The maximum absolute atomic E-state index is 10.2. The molecule has 0 spiro atoms. The Balaban J connectivity index is 1.54. The fraction of sp³-hybridized carbons (Fsp3) is 0. The molecule has 0 saturated carbocycles. The molecule has 3 nitrogen and oxygen atoms in total. The summed E-state index contributed by atoms with van der Waals surface area (Å²) in [5.41, 5.74) is 0.955. The Morgan fingerprint density at radius 3 is 1.78 bits per heavy atom. The van der Waals surface area contributed by atoms with Crippen molar-refractivity contribution >= 4 is 65.6 Å². The molecule has 0 bridgehead atoms. The van der Waals surface area contributed by atoms with E-state index in [1.807, 2.05) is 42.5 Å². The van der Waals surface area contributed by atoms with Crippen molar-refractivity contribution in [3.63, 3.8) is 0 Å². The molecular formula is C42H26N2O. The topological polar surface area (TPSA) is 23.0 Å². The lowest BCUT2D eigenvalue weighted by molar-refractivity contribution is 0.669. The second-order valence-corrected chi connectivity index (χ2v) is 10.6. The number of nitrogens with zero attached hydrogens (tertiary/aromatic N) is 2. The first-order chi connectivity index (χ1) is 28.6. The lowest BCUT2D eigenvalue weighted by Gasteiger charge is -2.16. The van der Waals surface area contributed by atoms with Crippen molar-refractivity contribution in [2.45, 2.75) is 0 Å². The predicted octanol–water partition coefficient (Wildman–Crippen LogP) is 11.4. The molecule has 0 amide bonds. The first kappa shape index (κ1) is 14.1. The molecule has 0 radical (unpaired) electrons. The zero-order valence-corrected chi connectivity index (χ0v) is 23.2. The van der Waals surface area contributed by atoms with Crippen molar-refractivity contribution in [2.75, 3.05) is 0 Å². The largest absolute Gasteiger partial charge is 0.456 e. The number of aromatic nitrogens is 2. The fourth-order valence-corrected chi connectivity index (χ4v) is 6.36. The van der Waals surface area contributed by atoms with Crippen molar-refractivity contribution in [2.24, 2.45) is 0 Å². The highest BCUT2D eigenvalue weighted by Crippen LogP contribution is 2.44. The van der Waals surface area contributed by atoms with Gasteiger partial charge in [-0.1, -0.05) is 109 Å². The van der Waals surface area contributed by atoms with Crippen LogP contribution in [0.5, 0.6) is 0 Å². The van der Waals surface area contributed by atoms with Crippen molar-refractivity contribution in [3.8, 4) is 22.5 Å². The van der Waals surface area contributed by atoms with Gasteiger partial charge in [0.05, 0.1) is 53.7 Å². The number of benzene rings is 7. The summed E-state index contributed by atoms with van der Waals surface area (Å²) in [4.78, 5) is 0. The third-order valence-electron chi connectivity index (χ3n) is 8.23. The molecule has 3 heterocycles. The van der Waals surface area contributed by atoms with Gasteiger partial charge >= 0.3 is 0 Å². The van der Waals surface area contributed by atoms with Crippen LogP contribution in [0.25, 0.3) is 88.1 Å². The zero-order chi connectivity index (χ0) is 42.5. The third kappa shape index (κ3) is 3.41. The van der Waals surface area contributed by atoms with Gasteiger partial charge in [-0.05, 0) is 54.0 Å². The van der Waals surface area contributed by atoms with E-state index in [0.717, 1.165) is 4.57 Å². The summed E-state index contributed by atoms with van der Waals surface area (Å²) in [5, 5.41) is 0.235. The molecule has 45 heavy (non-hydrogen) atoms. The van der Waals surface area contributed by atoms with Crippen LogP contribution in [0.1, 0.15) is 20.6 Å². The Labute approximate surface area is 279 Å². The minimum absolute atomic E-state index is 0.115. The summed E-state index contributed by atoms with van der Waals surface area (Å²) in [6.45, 7) is 0. The second-order valence-electron chi connectivity index (χ2n) is 10.6. The number of rotatable bonds is 3. The zero-order valence-electron chi connectivity index (χ0n) is 38.2. The van der Waals surface area contributed by atoms with Gasteiger partial charge in [0.1, 0.15) is 11.2 Å². The smallest absolute Gasteiger partial charge is 0.137 e. The van der Waals surface area contributed by atoms with Gasteiger partial charge in [-0.15, -0.1) is 0 Å². The summed E-state index contributed by atoms with van der Waals surface area (Å²) in [6.07, 6.45) is 0. The van der Waals surface area contributed by atoms with Gasteiger partial charge in [-0.2, -0.15) is 0 Å². The molecule has 0 fully saturated rings. The van der Waals surface area contributed by atoms with Gasteiger partial charge in [-0.3, -0.25) is 0 Å². The van der Waals surface area contributed by atoms with Gasteiger partial charge in [0.2, 0.25) is 0 Å². The van der Waals surface area contributed by atoms with Crippen LogP contribution in [-0.4, -0.2) is 9.13 Å². The quantitative estimate of drug-likeness (QED) is 0.201. The Kier molecular flexibility index (Phi) is 2.90. The molecule has 0 saturated heterocycles. The van der Waals surface area contributed by atoms with Crippen LogP contribution in [0, 0.1) is 0 Å². The van der Waals surface area contributed by atoms with Gasteiger partial charge in [0.15, 0.2) is 0 Å². The fourth-order valence-electron chi connectivity index (χ4n) is 6.36. The molecule has 0 aliphatic rings. The average Bonchev–Trinajstić information content (AvgIpc) is 3.93. The van der Waals surface area contributed by atoms with Crippen LogP contribution >= 0.6 is 0 Å². The number of hydrogen-bond donors (Lipinski definition) is 0. The summed E-state index contributed by atoms with van der Waals surface area (Å²) >= 11 is 0. The number of furan rings is 1. The lowest BCUT2D eigenvalue weighted by Crippen LogP contribution is -2.00. The molecule has 0 aliphatic carbocycles. The van der Waals surface area contributed by atoms with Crippen LogP contribution in [-0.2, 0) is 0 Å². The van der Waals surface area contributed by atoms with E-state index >= 15 is 0 Å². The highest BCUT2D eigenvalue weighted by atomic mass is 16.3. The van der Waals surface area contributed by atoms with E-state index in [0.29, 0.717) is 38.8 Å². The lowest BCUT2D eigenvalue weighted by atomic mass is 9.99. The molecular weight excluding hydrogens is 548 g/mol. The van der Waals surface area contributed by atoms with Crippen LogP contribution in [0.4, 0.5) is 0 Å². The summed E-state index contributed by atoms with van der Waals surface area (Å²) in [5.74, 6) is 0. The van der Waals surface area contributed by atoms with Gasteiger partial charge in [-0.25, -0.2) is 0 Å². The molecule has 0 aliphatic heterocycles. The van der Waals surface area contributed by atoms with Crippen molar-refractivity contribution in [3.05, 3.63) is 157 Å². The normalized spacial score (nSPS) is 16.7. The summed E-state index contributed by atoms with van der Waals surface area (Å²) in [7, 11) is 0. The molecule has 0 N–H and O–H groups in total. The number of hydrogen-bond acceptors (Lipinski definition) is 1. The van der Waals surface area contributed by atoms with Gasteiger partial charge < -0.3 is 13.6 Å². The molecule has 7 aromatic carbocycles. The monoisotopic (exact) mass is 589 g/mol. The first-order valence-corrected chi connectivity index (χ1v) is 14.1. The van der Waals surface area contributed by atoms with E-state index in [9.17, 15) is 6.85 Å². The Hall–Kier alpha value is -6.06. The van der Waals surface area contributed by atoms with Crippen LogP contribution in [0.3, 0.4) is 0 Å². The maximum Gasteiger partial charge on any atom is 0.137 e. The Morgan fingerprint density at radius 1 is 0.467 bits per heavy atom. The van der Waals surface area contributed by atoms with Crippen LogP contribution in [0.15, 0.2) is 162 Å². The van der Waals surface area contributed by atoms with E-state index in [1.54, 1.807) is 24.3 Å². The van der Waals surface area contributed by atoms with Crippen molar-refractivity contribution < 1.29 is 25.0 Å². The first-order valence-electron chi connectivity index (χ1n) is 21.6.